The maximum atomic E-state index is 14.4. The van der Waals surface area contributed by atoms with Crippen molar-refractivity contribution < 1.29 is 35.5 Å². The van der Waals surface area contributed by atoms with Gasteiger partial charge in [-0.1, -0.05) is 31.5 Å². The Kier molecular flexibility index (Phi) is 6.05. The predicted molar refractivity (Wildman–Crippen MR) is 96.6 cm³/mol. The van der Waals surface area contributed by atoms with E-state index in [1.54, 1.807) is 6.92 Å². The van der Waals surface area contributed by atoms with Gasteiger partial charge in [0, 0.05) is 11.6 Å². The topological polar surface area (TPSA) is 9.23 Å². The third-order valence-corrected chi connectivity index (χ3v) is 4.41. The second-order valence-electron chi connectivity index (χ2n) is 6.54. The van der Waals surface area contributed by atoms with Gasteiger partial charge in [0.2, 0.25) is 0 Å². The maximum absolute atomic E-state index is 14.4. The third-order valence-electron chi connectivity index (χ3n) is 4.41. The molecule has 0 aliphatic heterocycles. The normalized spacial score (nSPS) is 11.6. The zero-order valence-corrected chi connectivity index (χ0v) is 15.6. The largest absolute Gasteiger partial charge is 0.429 e. The van der Waals surface area contributed by atoms with Crippen molar-refractivity contribution in [3.8, 4) is 16.9 Å². The number of rotatable bonds is 6. The van der Waals surface area contributed by atoms with E-state index in [4.69, 9.17) is 0 Å². The van der Waals surface area contributed by atoms with Crippen LogP contribution in [0.3, 0.4) is 0 Å². The molecule has 158 valence electrons. The van der Waals surface area contributed by atoms with Crippen molar-refractivity contribution in [2.45, 2.75) is 25.9 Å². The molecule has 0 unspecified atom stereocenters. The first-order valence-electron chi connectivity index (χ1n) is 8.93. The van der Waals surface area contributed by atoms with Gasteiger partial charge >= 0.3 is 6.11 Å². The van der Waals surface area contributed by atoms with Crippen LogP contribution in [0.1, 0.15) is 24.5 Å². The van der Waals surface area contributed by atoms with Crippen LogP contribution in [0.2, 0.25) is 0 Å². The number of halogens is 7. The van der Waals surface area contributed by atoms with E-state index in [1.807, 2.05) is 0 Å². The number of hydrogen-bond acceptors (Lipinski definition) is 1. The van der Waals surface area contributed by atoms with E-state index < -0.39 is 46.5 Å². The first-order chi connectivity index (χ1) is 14.1. The van der Waals surface area contributed by atoms with E-state index in [1.165, 1.54) is 12.1 Å². The Labute approximate surface area is 167 Å². The molecule has 8 heteroatoms. The second-order valence-corrected chi connectivity index (χ2v) is 6.54. The molecular formula is C22H15F7O. The minimum Gasteiger partial charge on any atom is -0.429 e. The van der Waals surface area contributed by atoms with Crippen LogP contribution in [-0.2, 0) is 12.5 Å². The summed E-state index contributed by atoms with van der Waals surface area (Å²) in [6.07, 6.45) is -3.34. The number of ether oxygens (including phenoxy) is 1. The lowest BCUT2D eigenvalue weighted by Gasteiger charge is -2.19. The summed E-state index contributed by atoms with van der Waals surface area (Å²) in [7, 11) is 0. The highest BCUT2D eigenvalue weighted by Crippen LogP contribution is 2.36. The Bertz CT molecular complexity index is 1080. The van der Waals surface area contributed by atoms with Crippen molar-refractivity contribution in [2.24, 2.45) is 0 Å². The Morgan fingerprint density at radius 2 is 1.50 bits per heavy atom. The van der Waals surface area contributed by atoms with Crippen LogP contribution in [0, 0.1) is 29.1 Å². The van der Waals surface area contributed by atoms with E-state index in [0.717, 1.165) is 12.1 Å². The number of alkyl halides is 2. The highest BCUT2D eigenvalue weighted by atomic mass is 19.3. The number of hydrogen-bond donors (Lipinski definition) is 0. The first kappa shape index (κ1) is 21.7. The van der Waals surface area contributed by atoms with E-state index in [-0.39, 0.29) is 16.7 Å². The van der Waals surface area contributed by atoms with Crippen molar-refractivity contribution in [3.05, 3.63) is 88.7 Å². The lowest BCUT2D eigenvalue weighted by molar-refractivity contribution is -0.187. The van der Waals surface area contributed by atoms with Gasteiger partial charge in [-0.3, -0.25) is 0 Å². The van der Waals surface area contributed by atoms with Crippen molar-refractivity contribution >= 4 is 0 Å². The monoisotopic (exact) mass is 428 g/mol. The van der Waals surface area contributed by atoms with Crippen LogP contribution < -0.4 is 4.74 Å². The van der Waals surface area contributed by atoms with Gasteiger partial charge in [0.1, 0.15) is 11.6 Å². The quantitative estimate of drug-likeness (QED) is 0.380. The standard InChI is InChI=1S/C22H15F7O/c1-2-3-12-4-7-15(21(27)20(12)26)13-5-8-16(18(24)10-13)22(28,29)30-14-6-9-17(23)19(25)11-14/h4-11H,2-3H2,1H3. The van der Waals surface area contributed by atoms with Gasteiger partial charge in [0.05, 0.1) is 5.56 Å². The zero-order valence-electron chi connectivity index (χ0n) is 15.6. The summed E-state index contributed by atoms with van der Waals surface area (Å²) in [6.45, 7) is 1.79. The number of benzene rings is 3. The molecule has 3 rings (SSSR count). The summed E-state index contributed by atoms with van der Waals surface area (Å²) < 4.78 is 102. The fourth-order valence-corrected chi connectivity index (χ4v) is 2.94. The average molecular weight is 428 g/mol. The molecule has 0 fully saturated rings. The van der Waals surface area contributed by atoms with E-state index in [9.17, 15) is 30.7 Å². The molecule has 0 saturated carbocycles. The Morgan fingerprint density at radius 1 is 0.767 bits per heavy atom. The van der Waals surface area contributed by atoms with E-state index in [0.29, 0.717) is 37.1 Å². The lowest BCUT2D eigenvalue weighted by Crippen LogP contribution is -2.23. The Hall–Kier alpha value is -3.03. The molecule has 0 N–H and O–H groups in total. The van der Waals surface area contributed by atoms with Gasteiger partial charge in [-0.05, 0) is 41.8 Å². The summed E-state index contributed by atoms with van der Waals surface area (Å²) in [5, 5.41) is 0. The molecule has 0 heterocycles. The number of aryl methyl sites for hydroxylation is 1. The van der Waals surface area contributed by atoms with Crippen LogP contribution in [-0.4, -0.2) is 0 Å². The molecule has 0 saturated heterocycles. The second kappa shape index (κ2) is 8.38. The lowest BCUT2D eigenvalue weighted by atomic mass is 9.99. The van der Waals surface area contributed by atoms with Gasteiger partial charge in [-0.25, -0.2) is 22.0 Å². The molecular weight excluding hydrogens is 413 g/mol. The average Bonchev–Trinajstić information content (AvgIpc) is 2.68. The fourth-order valence-electron chi connectivity index (χ4n) is 2.94. The van der Waals surface area contributed by atoms with E-state index >= 15 is 0 Å². The Morgan fingerprint density at radius 3 is 2.13 bits per heavy atom. The highest BCUT2D eigenvalue weighted by Gasteiger charge is 2.38. The fraction of sp³-hybridized carbons (Fsp3) is 0.182. The van der Waals surface area contributed by atoms with Crippen LogP contribution >= 0.6 is 0 Å². The van der Waals surface area contributed by atoms with E-state index in [2.05, 4.69) is 4.74 Å². The SMILES string of the molecule is CCCc1ccc(-c2ccc(C(F)(F)Oc3ccc(F)c(F)c3)c(F)c2)c(F)c1F. The molecule has 0 radical (unpaired) electrons. The maximum Gasteiger partial charge on any atom is 0.429 e. The summed E-state index contributed by atoms with van der Waals surface area (Å²) in [4.78, 5) is 0. The predicted octanol–water partition coefficient (Wildman–Crippen LogP) is 7.13. The molecule has 0 aromatic heterocycles. The third kappa shape index (κ3) is 4.27. The molecule has 3 aromatic rings. The van der Waals surface area contributed by atoms with Crippen LogP contribution in [0.5, 0.6) is 5.75 Å². The van der Waals surface area contributed by atoms with Gasteiger partial charge in [-0.15, -0.1) is 0 Å². The van der Waals surface area contributed by atoms with Crippen LogP contribution in [0.4, 0.5) is 30.7 Å². The summed E-state index contributed by atoms with van der Waals surface area (Å²) in [6, 6.07) is 6.59. The molecule has 0 aliphatic carbocycles. The smallest absolute Gasteiger partial charge is 0.429 e. The molecule has 0 bridgehead atoms. The van der Waals surface area contributed by atoms with Gasteiger partial charge in [0.25, 0.3) is 0 Å². The minimum atomic E-state index is -4.23. The van der Waals surface area contributed by atoms with Gasteiger partial charge in [-0.2, -0.15) is 8.78 Å². The molecule has 3 aromatic carbocycles. The molecule has 0 spiro atoms. The highest BCUT2D eigenvalue weighted by molar-refractivity contribution is 5.65. The summed E-state index contributed by atoms with van der Waals surface area (Å²) in [5.41, 5.74) is -1.50. The van der Waals surface area contributed by atoms with Gasteiger partial charge < -0.3 is 4.74 Å². The molecule has 0 atom stereocenters. The first-order valence-corrected chi connectivity index (χ1v) is 8.93. The van der Waals surface area contributed by atoms with Crippen molar-refractivity contribution in [1.29, 1.82) is 0 Å². The summed E-state index contributed by atoms with van der Waals surface area (Å²) >= 11 is 0. The van der Waals surface area contributed by atoms with Crippen LogP contribution in [0.15, 0.2) is 48.5 Å². The van der Waals surface area contributed by atoms with Gasteiger partial charge in [0.15, 0.2) is 23.3 Å². The Balaban J connectivity index is 1.93. The molecule has 0 amide bonds. The zero-order chi connectivity index (χ0) is 22.1. The van der Waals surface area contributed by atoms with Crippen molar-refractivity contribution in [3.63, 3.8) is 0 Å². The van der Waals surface area contributed by atoms with Crippen molar-refractivity contribution in [2.75, 3.05) is 0 Å². The molecule has 1 nitrogen and oxygen atoms in total. The molecule has 30 heavy (non-hydrogen) atoms. The molecule has 0 aliphatic rings. The summed E-state index contributed by atoms with van der Waals surface area (Å²) in [5.74, 6) is -7.13. The minimum absolute atomic E-state index is 0.153. The van der Waals surface area contributed by atoms with Crippen molar-refractivity contribution in [1.82, 2.24) is 0 Å². The van der Waals surface area contributed by atoms with Crippen LogP contribution in [0.25, 0.3) is 11.1 Å².